The summed E-state index contributed by atoms with van der Waals surface area (Å²) in [6, 6.07) is 7.96. The minimum Gasteiger partial charge on any atom is -0.476 e. The topological polar surface area (TPSA) is 105 Å². The van der Waals surface area contributed by atoms with E-state index in [2.05, 4.69) is 16.4 Å². The summed E-state index contributed by atoms with van der Waals surface area (Å²) in [5, 5.41) is 12.4. The lowest BCUT2D eigenvalue weighted by atomic mass is 10.1. The zero-order valence-electron chi connectivity index (χ0n) is 10.4. The van der Waals surface area contributed by atoms with E-state index in [9.17, 15) is 14.4 Å². The highest BCUT2D eigenvalue weighted by molar-refractivity contribution is 6.43. The van der Waals surface area contributed by atoms with E-state index >= 15 is 0 Å². The number of nitrogens with one attached hydrogen (secondary N) is 1. The molecule has 0 saturated carbocycles. The van der Waals surface area contributed by atoms with Crippen LogP contribution in [0.25, 0.3) is 0 Å². The molecule has 0 saturated heterocycles. The molecule has 7 heteroatoms. The van der Waals surface area contributed by atoms with Crippen molar-refractivity contribution < 1.29 is 24.2 Å². The molecule has 0 spiro atoms. The van der Waals surface area contributed by atoms with Crippen LogP contribution in [0.15, 0.2) is 48.1 Å². The van der Waals surface area contributed by atoms with Crippen molar-refractivity contribution >= 4 is 23.6 Å². The monoisotopic (exact) mass is 276 g/mol. The van der Waals surface area contributed by atoms with E-state index < -0.39 is 23.6 Å². The fourth-order valence-corrected chi connectivity index (χ4v) is 1.18. The summed E-state index contributed by atoms with van der Waals surface area (Å²) in [5.74, 6) is -3.68. The number of carbonyl (C=O) groups is 3. The van der Waals surface area contributed by atoms with Gasteiger partial charge in [0.25, 0.3) is 0 Å². The van der Waals surface area contributed by atoms with Gasteiger partial charge in [0.15, 0.2) is 5.71 Å². The van der Waals surface area contributed by atoms with Crippen LogP contribution in [0.2, 0.25) is 0 Å². The average molecular weight is 276 g/mol. The van der Waals surface area contributed by atoms with Crippen molar-refractivity contribution in [2.45, 2.75) is 0 Å². The van der Waals surface area contributed by atoms with Gasteiger partial charge in [-0.3, -0.25) is 4.79 Å². The molecule has 0 fully saturated rings. The van der Waals surface area contributed by atoms with Crippen LogP contribution in [-0.2, 0) is 19.1 Å². The van der Waals surface area contributed by atoms with Crippen molar-refractivity contribution in [2.24, 2.45) is 5.10 Å². The van der Waals surface area contributed by atoms with E-state index in [4.69, 9.17) is 5.11 Å². The van der Waals surface area contributed by atoms with Crippen molar-refractivity contribution in [3.63, 3.8) is 0 Å². The van der Waals surface area contributed by atoms with Crippen LogP contribution in [0, 0.1) is 0 Å². The summed E-state index contributed by atoms with van der Waals surface area (Å²) >= 11 is 0. The number of carbonyl (C=O) groups excluding carboxylic acids is 2. The molecule has 0 radical (unpaired) electrons. The second kappa shape index (κ2) is 7.47. The number of hydrogen-bond acceptors (Lipinski definition) is 5. The molecule has 0 aromatic heterocycles. The number of ether oxygens (including phenoxy) is 1. The van der Waals surface area contributed by atoms with Gasteiger partial charge in [0.2, 0.25) is 0 Å². The van der Waals surface area contributed by atoms with Gasteiger partial charge in [-0.15, -0.1) is 0 Å². The van der Waals surface area contributed by atoms with E-state index in [-0.39, 0.29) is 6.61 Å². The Balaban J connectivity index is 2.79. The zero-order chi connectivity index (χ0) is 15.0. The number of amides is 1. The number of carboxylic acid groups (broad SMARTS) is 1. The Bertz CT molecular complexity index is 551. The third-order valence-electron chi connectivity index (χ3n) is 2.04. The average Bonchev–Trinajstić information content (AvgIpc) is 2.45. The van der Waals surface area contributed by atoms with Gasteiger partial charge in [0.05, 0.1) is 0 Å². The van der Waals surface area contributed by atoms with E-state index in [0.717, 1.165) is 0 Å². The largest absolute Gasteiger partial charge is 0.476 e. The Morgan fingerprint density at radius 2 is 1.95 bits per heavy atom. The van der Waals surface area contributed by atoms with Crippen LogP contribution < -0.4 is 5.43 Å². The van der Waals surface area contributed by atoms with Crippen molar-refractivity contribution in [1.29, 1.82) is 0 Å². The first-order valence-electron chi connectivity index (χ1n) is 5.50. The summed E-state index contributed by atoms with van der Waals surface area (Å²) in [6.07, 6.45) is 1.29. The third-order valence-corrected chi connectivity index (χ3v) is 2.04. The highest BCUT2D eigenvalue weighted by Crippen LogP contribution is 2.01. The van der Waals surface area contributed by atoms with Crippen LogP contribution in [0.5, 0.6) is 0 Å². The molecule has 7 nitrogen and oxygen atoms in total. The lowest BCUT2D eigenvalue weighted by Crippen LogP contribution is -2.31. The number of hydrogen-bond donors (Lipinski definition) is 2. The van der Waals surface area contributed by atoms with Gasteiger partial charge in [-0.2, -0.15) is 5.10 Å². The molecule has 20 heavy (non-hydrogen) atoms. The number of benzene rings is 1. The normalized spacial score (nSPS) is 10.5. The number of aliphatic carboxylic acids is 1. The van der Waals surface area contributed by atoms with Crippen LogP contribution >= 0.6 is 0 Å². The Labute approximate surface area is 114 Å². The third kappa shape index (κ3) is 4.37. The zero-order valence-corrected chi connectivity index (χ0v) is 10.4. The lowest BCUT2D eigenvalue weighted by Gasteiger charge is -2.03. The van der Waals surface area contributed by atoms with E-state index in [1.807, 2.05) is 5.43 Å². The van der Waals surface area contributed by atoms with Crippen molar-refractivity contribution in [3.8, 4) is 0 Å². The molecule has 0 aliphatic rings. The predicted molar refractivity (Wildman–Crippen MR) is 69.9 cm³/mol. The number of nitrogens with zero attached hydrogens (tertiary/aromatic N) is 1. The minimum absolute atomic E-state index is 0.125. The molecule has 1 aromatic rings. The number of hydrazone groups is 1. The molecular formula is C13H12N2O5. The molecule has 0 heterocycles. The quantitative estimate of drug-likeness (QED) is 0.265. The highest BCUT2D eigenvalue weighted by atomic mass is 16.5. The SMILES string of the molecule is C=CCOC(=O)C(=O)N/N=C(\C(=O)O)c1ccccc1. The summed E-state index contributed by atoms with van der Waals surface area (Å²) in [5.41, 5.74) is 1.73. The first kappa shape index (κ1) is 15.1. The van der Waals surface area contributed by atoms with Gasteiger partial charge >= 0.3 is 17.8 Å². The fourth-order valence-electron chi connectivity index (χ4n) is 1.18. The number of carboxylic acids is 1. The Hall–Kier alpha value is -2.96. The summed E-state index contributed by atoms with van der Waals surface area (Å²) in [4.78, 5) is 33.5. The van der Waals surface area contributed by atoms with Crippen molar-refractivity contribution in [1.82, 2.24) is 5.43 Å². The van der Waals surface area contributed by atoms with Crippen molar-refractivity contribution in [2.75, 3.05) is 6.61 Å². The second-order valence-corrected chi connectivity index (χ2v) is 3.46. The Morgan fingerprint density at radius 3 is 2.50 bits per heavy atom. The summed E-state index contributed by atoms with van der Waals surface area (Å²) in [6.45, 7) is 3.19. The van der Waals surface area contributed by atoms with Gasteiger partial charge in [-0.25, -0.2) is 15.0 Å². The van der Waals surface area contributed by atoms with E-state index in [1.165, 1.54) is 18.2 Å². The maximum Gasteiger partial charge on any atom is 0.398 e. The second-order valence-electron chi connectivity index (χ2n) is 3.46. The maximum atomic E-state index is 11.3. The standard InChI is InChI=1S/C13H12N2O5/c1-2-8-20-13(19)11(16)15-14-10(12(17)18)9-6-4-3-5-7-9/h2-7H,1,8H2,(H,15,16)(H,17,18)/b14-10-. The van der Waals surface area contributed by atoms with Crippen molar-refractivity contribution in [3.05, 3.63) is 48.6 Å². The molecular weight excluding hydrogens is 264 g/mol. The van der Waals surface area contributed by atoms with Gasteiger partial charge < -0.3 is 9.84 Å². The first-order chi connectivity index (χ1) is 9.56. The van der Waals surface area contributed by atoms with Gasteiger partial charge in [-0.1, -0.05) is 43.0 Å². The Morgan fingerprint density at radius 1 is 1.30 bits per heavy atom. The van der Waals surface area contributed by atoms with Gasteiger partial charge in [-0.05, 0) is 0 Å². The van der Waals surface area contributed by atoms with E-state index in [0.29, 0.717) is 5.56 Å². The smallest absolute Gasteiger partial charge is 0.398 e. The molecule has 0 atom stereocenters. The molecule has 1 amide bonds. The van der Waals surface area contributed by atoms with Gasteiger partial charge in [0, 0.05) is 5.56 Å². The molecule has 0 aliphatic heterocycles. The maximum absolute atomic E-state index is 11.3. The van der Waals surface area contributed by atoms with E-state index in [1.54, 1.807) is 18.2 Å². The number of esters is 1. The molecule has 1 rings (SSSR count). The van der Waals surface area contributed by atoms with Crippen LogP contribution in [0.3, 0.4) is 0 Å². The van der Waals surface area contributed by atoms with Crippen LogP contribution in [0.4, 0.5) is 0 Å². The molecule has 0 bridgehead atoms. The van der Waals surface area contributed by atoms with Crippen LogP contribution in [-0.4, -0.2) is 35.3 Å². The Kier molecular flexibility index (Phi) is 5.64. The molecule has 0 aliphatic carbocycles. The lowest BCUT2D eigenvalue weighted by molar-refractivity contribution is -0.154. The molecule has 0 unspecified atom stereocenters. The fraction of sp³-hybridized carbons (Fsp3) is 0.0769. The summed E-state index contributed by atoms with van der Waals surface area (Å²) < 4.78 is 4.47. The first-order valence-corrected chi connectivity index (χ1v) is 5.50. The minimum atomic E-state index is -1.34. The molecule has 1 aromatic carbocycles. The molecule has 104 valence electrons. The predicted octanol–water partition coefficient (Wildman–Crippen LogP) is 0.321. The van der Waals surface area contributed by atoms with Gasteiger partial charge in [0.1, 0.15) is 6.61 Å². The number of rotatable bonds is 5. The summed E-state index contributed by atoms with van der Waals surface area (Å²) in [7, 11) is 0. The van der Waals surface area contributed by atoms with Crippen LogP contribution in [0.1, 0.15) is 5.56 Å². The molecule has 2 N–H and O–H groups in total. The highest BCUT2D eigenvalue weighted by Gasteiger charge is 2.17.